The van der Waals surface area contributed by atoms with Gasteiger partial charge in [-0.2, -0.15) is 0 Å². The van der Waals surface area contributed by atoms with E-state index in [1.54, 1.807) is 0 Å². The highest BCUT2D eigenvalue weighted by molar-refractivity contribution is 5.23. The highest BCUT2D eigenvalue weighted by atomic mass is 16.5. The van der Waals surface area contributed by atoms with E-state index in [9.17, 15) is 5.11 Å². The number of β-amino-alcohol motifs (C(OH)–C–C–N with tert-alkyl or cyclic N) is 1. The summed E-state index contributed by atoms with van der Waals surface area (Å²) in [5.74, 6) is 0. The molecule has 0 spiro atoms. The Morgan fingerprint density at radius 3 is 2.23 bits per heavy atom. The topological polar surface area (TPSA) is 35.9 Å². The van der Waals surface area contributed by atoms with E-state index < -0.39 is 6.10 Å². The first-order chi connectivity index (χ1) is 10.5. The Labute approximate surface area is 134 Å². The Kier molecular flexibility index (Phi) is 6.83. The van der Waals surface area contributed by atoms with Crippen molar-refractivity contribution in [2.45, 2.75) is 33.0 Å². The minimum atomic E-state index is -0.392. The molecule has 1 saturated heterocycles. The largest absolute Gasteiger partial charge is 0.387 e. The normalized spacial score (nSPS) is 18.8. The summed E-state index contributed by atoms with van der Waals surface area (Å²) >= 11 is 0. The third-order valence-corrected chi connectivity index (χ3v) is 4.22. The second-order valence-corrected chi connectivity index (χ2v) is 6.49. The van der Waals surface area contributed by atoms with Gasteiger partial charge in [0, 0.05) is 39.3 Å². The van der Waals surface area contributed by atoms with Crippen LogP contribution in [0.15, 0.2) is 24.3 Å². The first-order valence-electron chi connectivity index (χ1n) is 8.35. The van der Waals surface area contributed by atoms with Gasteiger partial charge in [0.25, 0.3) is 0 Å². The predicted molar refractivity (Wildman–Crippen MR) is 90.1 cm³/mol. The second-order valence-electron chi connectivity index (χ2n) is 6.49. The van der Waals surface area contributed by atoms with Gasteiger partial charge in [0.05, 0.1) is 18.8 Å². The number of ether oxygens (including phenoxy) is 1. The van der Waals surface area contributed by atoms with Crippen molar-refractivity contribution in [1.82, 2.24) is 9.80 Å². The smallest absolute Gasteiger partial charge is 0.0916 e. The summed E-state index contributed by atoms with van der Waals surface area (Å²) in [6, 6.07) is 8.18. The summed E-state index contributed by atoms with van der Waals surface area (Å²) < 4.78 is 5.61. The molecule has 1 atom stereocenters. The maximum atomic E-state index is 10.4. The summed E-state index contributed by atoms with van der Waals surface area (Å²) in [4.78, 5) is 4.79. The minimum absolute atomic E-state index is 0.311. The highest BCUT2D eigenvalue weighted by Gasteiger charge is 2.19. The molecule has 1 aromatic carbocycles. The van der Waals surface area contributed by atoms with Gasteiger partial charge in [-0.15, -0.1) is 0 Å². The number of hydrogen-bond acceptors (Lipinski definition) is 4. The molecule has 4 heteroatoms. The van der Waals surface area contributed by atoms with Crippen molar-refractivity contribution >= 4 is 0 Å². The summed E-state index contributed by atoms with van der Waals surface area (Å²) in [5.41, 5.74) is 2.24. The van der Waals surface area contributed by atoms with Crippen LogP contribution in [0.1, 0.15) is 31.1 Å². The summed E-state index contributed by atoms with van der Waals surface area (Å²) in [5, 5.41) is 10.4. The fourth-order valence-electron chi connectivity index (χ4n) is 2.75. The lowest BCUT2D eigenvalue weighted by Crippen LogP contribution is -2.48. The Bertz CT molecular complexity index is 425. The van der Waals surface area contributed by atoms with E-state index in [4.69, 9.17) is 4.74 Å². The quantitative estimate of drug-likeness (QED) is 0.836. The van der Waals surface area contributed by atoms with Gasteiger partial charge in [0.2, 0.25) is 0 Å². The van der Waals surface area contributed by atoms with Gasteiger partial charge in [0.1, 0.15) is 0 Å². The van der Waals surface area contributed by atoms with Gasteiger partial charge in [0.15, 0.2) is 0 Å². The lowest BCUT2D eigenvalue weighted by atomic mass is 10.1. The van der Waals surface area contributed by atoms with Gasteiger partial charge < -0.3 is 9.84 Å². The third-order valence-electron chi connectivity index (χ3n) is 4.22. The SMILES string of the molecule is Cc1ccc(C(O)CN2CCN(CCOC(C)C)CC2)cc1. The molecule has 0 saturated carbocycles. The maximum Gasteiger partial charge on any atom is 0.0916 e. The van der Waals surface area contributed by atoms with Crippen molar-refractivity contribution in [3.8, 4) is 0 Å². The van der Waals surface area contributed by atoms with Crippen molar-refractivity contribution in [2.24, 2.45) is 0 Å². The average molecular weight is 306 g/mol. The van der Waals surface area contributed by atoms with E-state index in [0.717, 1.165) is 51.4 Å². The van der Waals surface area contributed by atoms with Crippen molar-refractivity contribution in [2.75, 3.05) is 45.9 Å². The van der Waals surface area contributed by atoms with Crippen molar-refractivity contribution in [3.63, 3.8) is 0 Å². The number of aliphatic hydroxyl groups is 1. The molecule has 2 rings (SSSR count). The molecule has 0 bridgehead atoms. The van der Waals surface area contributed by atoms with Gasteiger partial charge in [-0.05, 0) is 26.3 Å². The van der Waals surface area contributed by atoms with Crippen molar-refractivity contribution in [3.05, 3.63) is 35.4 Å². The second kappa shape index (κ2) is 8.63. The molecule has 1 aliphatic rings. The molecule has 1 heterocycles. The summed E-state index contributed by atoms with van der Waals surface area (Å²) in [7, 11) is 0. The van der Waals surface area contributed by atoms with E-state index in [1.165, 1.54) is 5.56 Å². The van der Waals surface area contributed by atoms with Crippen LogP contribution in [0.3, 0.4) is 0 Å². The Balaban J connectivity index is 1.69. The van der Waals surface area contributed by atoms with Crippen LogP contribution in [-0.2, 0) is 4.74 Å². The summed E-state index contributed by atoms with van der Waals surface area (Å²) in [6.45, 7) is 12.9. The van der Waals surface area contributed by atoms with Crippen LogP contribution in [0.2, 0.25) is 0 Å². The van der Waals surface area contributed by atoms with Crippen LogP contribution in [0, 0.1) is 6.92 Å². The standard InChI is InChI=1S/C18H30N2O2/c1-15(2)22-13-12-19-8-10-20(11-9-19)14-18(21)17-6-4-16(3)5-7-17/h4-7,15,18,21H,8-14H2,1-3H3. The Morgan fingerprint density at radius 2 is 1.64 bits per heavy atom. The predicted octanol–water partition coefficient (Wildman–Crippen LogP) is 2.07. The van der Waals surface area contributed by atoms with Gasteiger partial charge >= 0.3 is 0 Å². The van der Waals surface area contributed by atoms with E-state index in [1.807, 2.05) is 12.1 Å². The maximum absolute atomic E-state index is 10.4. The highest BCUT2D eigenvalue weighted by Crippen LogP contribution is 2.16. The number of aryl methyl sites for hydroxylation is 1. The molecular formula is C18H30N2O2. The number of benzene rings is 1. The molecule has 1 fully saturated rings. The molecule has 4 nitrogen and oxygen atoms in total. The minimum Gasteiger partial charge on any atom is -0.387 e. The molecule has 0 aromatic heterocycles. The number of rotatable bonds is 7. The van der Waals surface area contributed by atoms with Crippen LogP contribution in [0.5, 0.6) is 0 Å². The van der Waals surface area contributed by atoms with E-state index in [-0.39, 0.29) is 0 Å². The van der Waals surface area contributed by atoms with Gasteiger partial charge in [-0.3, -0.25) is 9.80 Å². The zero-order valence-corrected chi connectivity index (χ0v) is 14.2. The van der Waals surface area contributed by atoms with Crippen LogP contribution in [0.25, 0.3) is 0 Å². The average Bonchev–Trinajstić information content (AvgIpc) is 2.49. The van der Waals surface area contributed by atoms with Gasteiger partial charge in [-0.25, -0.2) is 0 Å². The number of aliphatic hydroxyl groups excluding tert-OH is 1. The molecular weight excluding hydrogens is 276 g/mol. The number of piperazine rings is 1. The molecule has 1 aliphatic heterocycles. The van der Waals surface area contributed by atoms with Crippen LogP contribution >= 0.6 is 0 Å². The lowest BCUT2D eigenvalue weighted by Gasteiger charge is -2.35. The lowest BCUT2D eigenvalue weighted by molar-refractivity contribution is 0.0347. The van der Waals surface area contributed by atoms with Crippen LogP contribution < -0.4 is 0 Å². The van der Waals surface area contributed by atoms with Crippen molar-refractivity contribution < 1.29 is 9.84 Å². The molecule has 0 aliphatic carbocycles. The van der Waals surface area contributed by atoms with Crippen LogP contribution in [0.4, 0.5) is 0 Å². The zero-order valence-electron chi connectivity index (χ0n) is 14.2. The Morgan fingerprint density at radius 1 is 1.05 bits per heavy atom. The molecule has 124 valence electrons. The monoisotopic (exact) mass is 306 g/mol. The van der Waals surface area contributed by atoms with E-state index in [0.29, 0.717) is 6.10 Å². The third kappa shape index (κ3) is 5.69. The Hall–Kier alpha value is -0.940. The van der Waals surface area contributed by atoms with E-state index >= 15 is 0 Å². The first kappa shape index (κ1) is 17.4. The number of nitrogens with zero attached hydrogens (tertiary/aromatic N) is 2. The molecule has 0 radical (unpaired) electrons. The first-order valence-corrected chi connectivity index (χ1v) is 8.35. The molecule has 0 amide bonds. The molecule has 1 aromatic rings. The summed E-state index contributed by atoms with van der Waals surface area (Å²) in [6.07, 6.45) is -0.0811. The molecule has 22 heavy (non-hydrogen) atoms. The molecule has 1 unspecified atom stereocenters. The van der Waals surface area contributed by atoms with E-state index in [2.05, 4.69) is 42.7 Å². The fourth-order valence-corrected chi connectivity index (χ4v) is 2.75. The van der Waals surface area contributed by atoms with Gasteiger partial charge in [-0.1, -0.05) is 29.8 Å². The van der Waals surface area contributed by atoms with Crippen LogP contribution in [-0.4, -0.2) is 66.9 Å². The number of hydrogen-bond donors (Lipinski definition) is 1. The van der Waals surface area contributed by atoms with Crippen molar-refractivity contribution in [1.29, 1.82) is 0 Å². The molecule has 1 N–H and O–H groups in total. The zero-order chi connectivity index (χ0) is 15.9. The fraction of sp³-hybridized carbons (Fsp3) is 0.667.